The maximum atomic E-state index is 11.2. The summed E-state index contributed by atoms with van der Waals surface area (Å²) in [5.74, 6) is 1.61. The Balaban J connectivity index is 1.43. The Hall–Kier alpha value is -1.26. The van der Waals surface area contributed by atoms with E-state index in [1.807, 2.05) is 6.20 Å². The molecule has 1 aromatic rings. The molecule has 2 aliphatic rings. The average molecular weight is 370 g/mol. The third-order valence-electron chi connectivity index (χ3n) is 6.48. The molecule has 0 bridgehead atoms. The third kappa shape index (κ3) is 7.01. The molecule has 1 aromatic heterocycles. The van der Waals surface area contributed by atoms with Crippen LogP contribution in [-0.4, -0.2) is 23.0 Å². The molecule has 3 rings (SSSR count). The second-order valence-corrected chi connectivity index (χ2v) is 8.82. The first kappa shape index (κ1) is 20.5. The fourth-order valence-corrected chi connectivity index (χ4v) is 4.96. The van der Waals surface area contributed by atoms with Crippen LogP contribution in [-0.2, 0) is 4.79 Å². The molecule has 1 radical (unpaired) electrons. The molecule has 0 unspecified atom stereocenters. The zero-order valence-electron chi connectivity index (χ0n) is 17.2. The zero-order valence-corrected chi connectivity index (χ0v) is 17.2. The number of nitrogens with one attached hydrogen (secondary N) is 1. The van der Waals surface area contributed by atoms with Crippen molar-refractivity contribution in [3.05, 3.63) is 12.4 Å². The first-order valence-electron chi connectivity index (χ1n) is 11.4. The minimum absolute atomic E-state index is 0.0331. The average Bonchev–Trinajstić information content (AvgIpc) is 3.08. The lowest BCUT2D eigenvalue weighted by atomic mass is 9.49. The van der Waals surface area contributed by atoms with Crippen molar-refractivity contribution in [3.8, 4) is 0 Å². The van der Waals surface area contributed by atoms with Gasteiger partial charge in [0.15, 0.2) is 0 Å². The number of carbonyl (C=O) groups excluding carboxylic acids is 1. The minimum atomic E-state index is -0.0331. The van der Waals surface area contributed by atoms with Gasteiger partial charge < -0.3 is 5.32 Å². The quantitative estimate of drug-likeness (QED) is 0.646. The molecule has 0 spiro atoms. The molecule has 0 atom stereocenters. The van der Waals surface area contributed by atoms with E-state index in [2.05, 4.69) is 22.4 Å². The third-order valence-corrected chi connectivity index (χ3v) is 6.48. The molecule has 5 heteroatoms. The van der Waals surface area contributed by atoms with E-state index in [0.717, 1.165) is 17.3 Å². The van der Waals surface area contributed by atoms with Crippen molar-refractivity contribution >= 4 is 18.9 Å². The summed E-state index contributed by atoms with van der Waals surface area (Å²) in [6, 6.07) is 0.490. The van der Waals surface area contributed by atoms with Crippen LogP contribution < -0.4 is 5.32 Å². The van der Waals surface area contributed by atoms with Crippen LogP contribution in [0.1, 0.15) is 103 Å². The lowest BCUT2D eigenvalue weighted by molar-refractivity contribution is -0.114. The Morgan fingerprint density at radius 1 is 0.926 bits per heavy atom. The smallest absolute Gasteiger partial charge is 0.221 e. The summed E-state index contributed by atoms with van der Waals surface area (Å²) in [6.07, 6.45) is 23.1. The van der Waals surface area contributed by atoms with Crippen LogP contribution in [0.4, 0.5) is 5.69 Å². The maximum Gasteiger partial charge on any atom is 0.221 e. The van der Waals surface area contributed by atoms with E-state index >= 15 is 0 Å². The highest BCUT2D eigenvalue weighted by Gasteiger charge is 2.26. The van der Waals surface area contributed by atoms with Gasteiger partial charge in [0.2, 0.25) is 5.91 Å². The number of anilines is 1. The van der Waals surface area contributed by atoms with Gasteiger partial charge in [-0.1, -0.05) is 88.7 Å². The number of hydrogen-bond donors (Lipinski definition) is 1. The first-order valence-corrected chi connectivity index (χ1v) is 11.4. The van der Waals surface area contributed by atoms with E-state index in [4.69, 9.17) is 0 Å². The van der Waals surface area contributed by atoms with Crippen LogP contribution in [0.2, 0.25) is 11.6 Å². The molecule has 0 aromatic carbocycles. The molecule has 149 valence electrons. The maximum absolute atomic E-state index is 11.2. The monoisotopic (exact) mass is 370 g/mol. The van der Waals surface area contributed by atoms with Gasteiger partial charge in [0, 0.05) is 13.1 Å². The van der Waals surface area contributed by atoms with Gasteiger partial charge in [-0.2, -0.15) is 5.10 Å². The second-order valence-electron chi connectivity index (χ2n) is 8.82. The molecule has 2 saturated carbocycles. The summed E-state index contributed by atoms with van der Waals surface area (Å²) in [7, 11) is 2.74. The lowest BCUT2D eigenvalue weighted by Gasteiger charge is -2.30. The zero-order chi connectivity index (χ0) is 18.9. The van der Waals surface area contributed by atoms with E-state index in [1.54, 1.807) is 13.1 Å². The summed E-state index contributed by atoms with van der Waals surface area (Å²) in [4.78, 5) is 11.2. The number of rotatable bonds is 4. The molecule has 0 saturated heterocycles. The number of hydrogen-bond acceptors (Lipinski definition) is 2. The molecule has 4 nitrogen and oxygen atoms in total. The van der Waals surface area contributed by atoms with E-state index in [9.17, 15) is 4.79 Å². The summed E-state index contributed by atoms with van der Waals surface area (Å²) in [5.41, 5.74) is 0.814. The molecule has 1 heterocycles. The van der Waals surface area contributed by atoms with Gasteiger partial charge in [0.1, 0.15) is 7.28 Å². The highest BCUT2D eigenvalue weighted by Crippen LogP contribution is 2.38. The van der Waals surface area contributed by atoms with Gasteiger partial charge >= 0.3 is 0 Å². The van der Waals surface area contributed by atoms with Crippen LogP contribution in [0.15, 0.2) is 12.4 Å². The molecule has 0 aliphatic heterocycles. The predicted octanol–water partition coefficient (Wildman–Crippen LogP) is 6.15. The Morgan fingerprint density at radius 2 is 1.48 bits per heavy atom. The van der Waals surface area contributed by atoms with Gasteiger partial charge in [-0.05, 0) is 12.8 Å². The standard InChI is InChI=1S/C22H37BN3O/c1-18(27)25-21-16-24-26(17-21)22-14-12-20(13-15-22)23-19-10-8-6-4-2-3-5-7-9-11-19/h16-17,19-20,22H,2-15H2,1H3,(H,25,27). The molecule has 2 aliphatic carbocycles. The minimum Gasteiger partial charge on any atom is -0.324 e. The van der Waals surface area contributed by atoms with Crippen molar-refractivity contribution in [2.45, 2.75) is 114 Å². The summed E-state index contributed by atoms with van der Waals surface area (Å²) < 4.78 is 2.06. The number of nitrogens with zero attached hydrogens (tertiary/aromatic N) is 2. The van der Waals surface area contributed by atoms with Crippen molar-refractivity contribution in [2.75, 3.05) is 5.32 Å². The van der Waals surface area contributed by atoms with Gasteiger partial charge in [0.05, 0.1) is 17.9 Å². The Morgan fingerprint density at radius 3 is 2.07 bits per heavy atom. The molecule has 1 amide bonds. The SMILES string of the molecule is CC(=O)Nc1cnn(C2CCC([B]C3CCCCCCCCCC3)CC2)c1. The number of aromatic nitrogens is 2. The fraction of sp³-hybridized carbons (Fsp3) is 0.818. The van der Waals surface area contributed by atoms with Crippen molar-refractivity contribution < 1.29 is 4.79 Å². The van der Waals surface area contributed by atoms with Crippen LogP contribution in [0.5, 0.6) is 0 Å². The number of amides is 1. The lowest BCUT2D eigenvalue weighted by Crippen LogP contribution is -2.21. The van der Waals surface area contributed by atoms with Crippen molar-refractivity contribution in [3.63, 3.8) is 0 Å². The van der Waals surface area contributed by atoms with E-state index in [0.29, 0.717) is 6.04 Å². The molecular weight excluding hydrogens is 333 g/mol. The van der Waals surface area contributed by atoms with E-state index in [-0.39, 0.29) is 5.91 Å². The Labute approximate surface area is 166 Å². The second kappa shape index (κ2) is 10.9. The molecular formula is C22H37BN3O. The summed E-state index contributed by atoms with van der Waals surface area (Å²) in [5, 5.41) is 7.30. The van der Waals surface area contributed by atoms with Crippen LogP contribution >= 0.6 is 0 Å². The highest BCUT2D eigenvalue weighted by molar-refractivity contribution is 6.39. The topological polar surface area (TPSA) is 46.9 Å². The van der Waals surface area contributed by atoms with Gasteiger partial charge in [0.25, 0.3) is 0 Å². The van der Waals surface area contributed by atoms with Crippen molar-refractivity contribution in [1.29, 1.82) is 0 Å². The van der Waals surface area contributed by atoms with Crippen molar-refractivity contribution in [2.24, 2.45) is 0 Å². The highest BCUT2D eigenvalue weighted by atomic mass is 16.1. The largest absolute Gasteiger partial charge is 0.324 e. The van der Waals surface area contributed by atoms with Crippen LogP contribution in [0, 0.1) is 0 Å². The van der Waals surface area contributed by atoms with Gasteiger partial charge in [-0.25, -0.2) is 0 Å². The fourth-order valence-electron chi connectivity index (χ4n) is 4.96. The first-order chi connectivity index (χ1) is 13.2. The van der Waals surface area contributed by atoms with Crippen LogP contribution in [0.25, 0.3) is 0 Å². The normalized spacial score (nSPS) is 26.1. The Bertz CT molecular complexity index is 554. The predicted molar refractivity (Wildman–Crippen MR) is 113 cm³/mol. The van der Waals surface area contributed by atoms with Crippen molar-refractivity contribution in [1.82, 2.24) is 9.78 Å². The van der Waals surface area contributed by atoms with E-state index < -0.39 is 0 Å². The molecule has 27 heavy (non-hydrogen) atoms. The summed E-state index contributed by atoms with van der Waals surface area (Å²) in [6.45, 7) is 1.54. The van der Waals surface area contributed by atoms with Gasteiger partial charge in [-0.15, -0.1) is 0 Å². The molecule has 1 N–H and O–H groups in total. The van der Waals surface area contributed by atoms with E-state index in [1.165, 1.54) is 89.9 Å². The molecule has 2 fully saturated rings. The van der Waals surface area contributed by atoms with Gasteiger partial charge in [-0.3, -0.25) is 9.48 Å². The number of carbonyl (C=O) groups is 1. The Kier molecular flexibility index (Phi) is 8.28. The van der Waals surface area contributed by atoms with Crippen LogP contribution in [0.3, 0.4) is 0 Å². The summed E-state index contributed by atoms with van der Waals surface area (Å²) >= 11 is 0.